The molecule has 2 fully saturated rings. The molecule has 3 amide bonds. The minimum Gasteiger partial charge on any atom is -0.448 e. The molecule has 4 aliphatic heterocycles. The van der Waals surface area contributed by atoms with Crippen molar-refractivity contribution in [3.05, 3.63) is 47.5 Å². The number of hydrogen-bond acceptors (Lipinski definition) is 5. The topological polar surface area (TPSA) is 79.4 Å². The van der Waals surface area contributed by atoms with Crippen molar-refractivity contribution in [3.63, 3.8) is 0 Å². The molecule has 0 aromatic heterocycles. The maximum atomic E-state index is 13.1. The summed E-state index contributed by atoms with van der Waals surface area (Å²) < 4.78 is 5.12. The summed E-state index contributed by atoms with van der Waals surface area (Å²) in [7, 11) is 0. The highest BCUT2D eigenvalue weighted by Crippen LogP contribution is 2.43. The maximum Gasteiger partial charge on any atom is 0.431 e. The molecule has 0 N–H and O–H groups in total. The van der Waals surface area contributed by atoms with Gasteiger partial charge < -0.3 is 4.74 Å². The van der Waals surface area contributed by atoms with Crippen LogP contribution in [0.2, 0.25) is 0 Å². The normalized spacial score (nSPS) is 28.9. The van der Waals surface area contributed by atoms with Gasteiger partial charge in [0.25, 0.3) is 5.91 Å². The Morgan fingerprint density at radius 3 is 2.59 bits per heavy atom. The molecule has 0 unspecified atom stereocenters. The number of carbonyl (C=O) groups excluding carboxylic acids is 3. The number of hydroxylamine groups is 2. The van der Waals surface area contributed by atoms with Gasteiger partial charge in [-0.05, 0) is 37.6 Å². The number of carbonyl (C=O) groups is 3. The number of rotatable bonds is 2. The van der Waals surface area contributed by atoms with E-state index < -0.39 is 24.4 Å². The monoisotopic (exact) mass is 371 g/mol. The highest BCUT2D eigenvalue weighted by atomic mass is 16.7. The first-order chi connectivity index (χ1) is 13.0. The van der Waals surface area contributed by atoms with Crippen LogP contribution in [-0.4, -0.2) is 57.9 Å². The standard InChI is InChI=1S/C19H21N3O5/c1-4-26-19(25)20-14-10-11(2)15(16-12(3)17(23)21(16)20)22(27-14)18(24)13-8-6-5-7-9-13/h5-10,12,14-16H,4H2,1-3H3/t12-,14-,15-,16-/m1/s1. The highest BCUT2D eigenvalue weighted by Gasteiger charge is 2.61. The van der Waals surface area contributed by atoms with Gasteiger partial charge in [0.2, 0.25) is 12.1 Å². The minimum atomic E-state index is -0.922. The molecule has 0 saturated carbocycles. The van der Waals surface area contributed by atoms with Crippen LogP contribution in [0.1, 0.15) is 31.1 Å². The largest absolute Gasteiger partial charge is 0.448 e. The fraction of sp³-hybridized carbons (Fsp3) is 0.421. The SMILES string of the molecule is CCOC(=O)N1[C@H]2C=C(C)[C@H]([C@H]3[C@@H](C)C(=O)N31)N(C(=O)c1ccccc1)O2. The van der Waals surface area contributed by atoms with E-state index in [1.54, 1.807) is 44.2 Å². The molecule has 2 bridgehead atoms. The zero-order valence-corrected chi connectivity index (χ0v) is 15.4. The molecule has 1 aromatic carbocycles. The van der Waals surface area contributed by atoms with Gasteiger partial charge >= 0.3 is 6.09 Å². The van der Waals surface area contributed by atoms with Crippen molar-refractivity contribution in [3.8, 4) is 0 Å². The Morgan fingerprint density at radius 2 is 1.93 bits per heavy atom. The highest BCUT2D eigenvalue weighted by molar-refractivity contribution is 5.95. The third-order valence-electron chi connectivity index (χ3n) is 5.23. The summed E-state index contributed by atoms with van der Waals surface area (Å²) in [6.45, 7) is 5.54. The molecule has 1 aromatic rings. The second-order valence-electron chi connectivity index (χ2n) is 6.85. The molecule has 0 spiro atoms. The van der Waals surface area contributed by atoms with Crippen molar-refractivity contribution in [2.24, 2.45) is 5.92 Å². The van der Waals surface area contributed by atoms with Crippen LogP contribution >= 0.6 is 0 Å². The number of benzene rings is 1. The van der Waals surface area contributed by atoms with Crippen molar-refractivity contribution in [2.45, 2.75) is 39.1 Å². The number of nitrogens with zero attached hydrogens (tertiary/aromatic N) is 3. The van der Waals surface area contributed by atoms with Crippen LogP contribution in [0.3, 0.4) is 0 Å². The van der Waals surface area contributed by atoms with E-state index in [2.05, 4.69) is 0 Å². The van der Waals surface area contributed by atoms with Gasteiger partial charge in [0.15, 0.2) is 0 Å². The molecule has 5 rings (SSSR count). The Bertz CT molecular complexity index is 824. The Balaban J connectivity index is 1.75. The predicted molar refractivity (Wildman–Crippen MR) is 93.7 cm³/mol. The van der Waals surface area contributed by atoms with Crippen LogP contribution in [0, 0.1) is 5.92 Å². The lowest BCUT2D eigenvalue weighted by Gasteiger charge is -2.50. The summed E-state index contributed by atoms with van der Waals surface area (Å²) in [5.74, 6) is -0.846. The Morgan fingerprint density at radius 1 is 1.22 bits per heavy atom. The maximum absolute atomic E-state index is 13.1. The Kier molecular flexibility index (Phi) is 4.15. The van der Waals surface area contributed by atoms with E-state index in [1.165, 1.54) is 15.1 Å². The van der Waals surface area contributed by atoms with Gasteiger partial charge in [0.1, 0.15) is 6.04 Å². The molecule has 4 aliphatic rings. The molecule has 8 nitrogen and oxygen atoms in total. The van der Waals surface area contributed by atoms with Crippen LogP contribution in [0.5, 0.6) is 0 Å². The summed E-state index contributed by atoms with van der Waals surface area (Å²) in [6.07, 6.45) is 0.162. The van der Waals surface area contributed by atoms with Crippen LogP contribution in [-0.2, 0) is 14.4 Å². The first kappa shape index (κ1) is 17.5. The summed E-state index contributed by atoms with van der Waals surface area (Å²) in [5, 5.41) is 3.86. The Labute approximate surface area is 156 Å². The molecule has 0 radical (unpaired) electrons. The van der Waals surface area contributed by atoms with Crippen molar-refractivity contribution >= 4 is 17.9 Å². The van der Waals surface area contributed by atoms with Gasteiger partial charge in [-0.2, -0.15) is 5.01 Å². The molecule has 8 heteroatoms. The van der Waals surface area contributed by atoms with Gasteiger partial charge in [-0.3, -0.25) is 9.59 Å². The average molecular weight is 371 g/mol. The average Bonchev–Trinajstić information content (AvgIpc) is 2.88. The zero-order valence-electron chi connectivity index (χ0n) is 15.4. The lowest BCUT2D eigenvalue weighted by Crippen LogP contribution is -2.71. The summed E-state index contributed by atoms with van der Waals surface area (Å²) in [5.41, 5.74) is 1.35. The quantitative estimate of drug-likeness (QED) is 0.586. The van der Waals surface area contributed by atoms with E-state index in [1.807, 2.05) is 13.0 Å². The van der Waals surface area contributed by atoms with E-state index in [-0.39, 0.29) is 24.3 Å². The number of amides is 3. The van der Waals surface area contributed by atoms with E-state index in [9.17, 15) is 14.4 Å². The molecule has 27 heavy (non-hydrogen) atoms. The van der Waals surface area contributed by atoms with Gasteiger partial charge in [0.05, 0.1) is 18.6 Å². The van der Waals surface area contributed by atoms with Crippen molar-refractivity contribution < 1.29 is 24.0 Å². The van der Waals surface area contributed by atoms with Gasteiger partial charge in [-0.25, -0.2) is 19.7 Å². The second-order valence-corrected chi connectivity index (χ2v) is 6.85. The van der Waals surface area contributed by atoms with Crippen LogP contribution in [0.15, 0.2) is 42.0 Å². The fourth-order valence-corrected chi connectivity index (χ4v) is 3.92. The third kappa shape index (κ3) is 2.51. The molecule has 142 valence electrons. The molecule has 4 atom stereocenters. The van der Waals surface area contributed by atoms with Gasteiger partial charge in [0, 0.05) is 5.56 Å². The van der Waals surface area contributed by atoms with E-state index >= 15 is 0 Å². The number of hydrogen-bond donors (Lipinski definition) is 0. The molecule has 4 heterocycles. The first-order valence-corrected chi connectivity index (χ1v) is 8.98. The van der Waals surface area contributed by atoms with Crippen molar-refractivity contribution in [2.75, 3.05) is 6.61 Å². The number of hydrazine groups is 1. The van der Waals surface area contributed by atoms with Crippen LogP contribution in [0.4, 0.5) is 4.79 Å². The molecule has 2 saturated heterocycles. The predicted octanol–water partition coefficient (Wildman–Crippen LogP) is 1.95. The minimum absolute atomic E-state index is 0.170. The lowest BCUT2D eigenvalue weighted by atomic mass is 9.82. The lowest BCUT2D eigenvalue weighted by molar-refractivity contribution is -0.213. The van der Waals surface area contributed by atoms with Crippen molar-refractivity contribution in [1.82, 2.24) is 15.1 Å². The van der Waals surface area contributed by atoms with Gasteiger partial charge in [-0.1, -0.05) is 25.1 Å². The molecular formula is C19H21N3O5. The smallest absolute Gasteiger partial charge is 0.431 e. The fourth-order valence-electron chi connectivity index (χ4n) is 3.92. The molecular weight excluding hydrogens is 350 g/mol. The summed E-state index contributed by atoms with van der Waals surface area (Å²) in [4.78, 5) is 44.0. The second kappa shape index (κ2) is 6.38. The zero-order chi connectivity index (χ0) is 19.3. The van der Waals surface area contributed by atoms with Crippen molar-refractivity contribution in [1.29, 1.82) is 0 Å². The van der Waals surface area contributed by atoms with E-state index in [0.29, 0.717) is 5.56 Å². The number of β-lactam (4-membered cyclic amide) rings is 1. The first-order valence-electron chi connectivity index (χ1n) is 8.98. The number of ether oxygens (including phenoxy) is 1. The van der Waals surface area contributed by atoms with Crippen LogP contribution in [0.25, 0.3) is 0 Å². The molecule has 0 aliphatic carbocycles. The van der Waals surface area contributed by atoms with Gasteiger partial charge in [-0.15, -0.1) is 0 Å². The van der Waals surface area contributed by atoms with E-state index in [4.69, 9.17) is 9.57 Å². The third-order valence-corrected chi connectivity index (χ3v) is 5.23. The Hall–Kier alpha value is -2.87. The van der Waals surface area contributed by atoms with Crippen LogP contribution < -0.4 is 0 Å². The number of fused-ring (bicyclic) bond motifs is 1. The van der Waals surface area contributed by atoms with E-state index in [0.717, 1.165) is 5.57 Å². The summed E-state index contributed by atoms with van der Waals surface area (Å²) in [6, 6.07) is 7.93. The summed E-state index contributed by atoms with van der Waals surface area (Å²) >= 11 is 0.